The van der Waals surface area contributed by atoms with Crippen molar-refractivity contribution >= 4 is 24.0 Å². The molecule has 4 rings (SSSR count). The Morgan fingerprint density at radius 1 is 1.36 bits per heavy atom. The van der Waals surface area contributed by atoms with E-state index >= 15 is 0 Å². The molecule has 2 saturated heterocycles. The fraction of sp³-hybridized carbons (Fsp3) is 0.467. The van der Waals surface area contributed by atoms with Crippen LogP contribution in [0.5, 0.6) is 0 Å². The summed E-state index contributed by atoms with van der Waals surface area (Å²) in [6.07, 6.45) is 3.86. The van der Waals surface area contributed by atoms with Crippen molar-refractivity contribution in [2.75, 3.05) is 19.6 Å². The smallest absolute Gasteiger partial charge is 0.277 e. The van der Waals surface area contributed by atoms with Crippen LogP contribution in [0.1, 0.15) is 23.3 Å². The standard InChI is InChI=1S/C15H17FN4O.ClH/c16-14-13(18-12-5-1-2-7-20(12)14)15(21)19-8-10-4-3-6-17-11(10)9-19;/h1-2,5,7,10-11,17H,3-4,6,8-9H2;1H/t10-,11+;/m0./s1. The topological polar surface area (TPSA) is 49.6 Å². The Morgan fingerprint density at radius 2 is 2.23 bits per heavy atom. The van der Waals surface area contributed by atoms with Gasteiger partial charge >= 0.3 is 0 Å². The number of carbonyl (C=O) groups is 1. The van der Waals surface area contributed by atoms with Crippen LogP contribution in [0.3, 0.4) is 0 Å². The summed E-state index contributed by atoms with van der Waals surface area (Å²) in [5.74, 6) is -0.381. The molecule has 22 heavy (non-hydrogen) atoms. The lowest BCUT2D eigenvalue weighted by Crippen LogP contribution is -2.41. The first-order chi connectivity index (χ1) is 10.2. The molecule has 5 nitrogen and oxygen atoms in total. The monoisotopic (exact) mass is 324 g/mol. The van der Waals surface area contributed by atoms with E-state index in [1.165, 1.54) is 4.40 Å². The van der Waals surface area contributed by atoms with Crippen molar-refractivity contribution < 1.29 is 9.18 Å². The number of nitrogens with one attached hydrogen (secondary N) is 1. The van der Waals surface area contributed by atoms with Crippen molar-refractivity contribution in [1.82, 2.24) is 19.6 Å². The molecule has 118 valence electrons. The Kier molecular flexibility index (Phi) is 4.06. The van der Waals surface area contributed by atoms with Crippen molar-refractivity contribution in [2.45, 2.75) is 18.9 Å². The summed E-state index contributed by atoms with van der Waals surface area (Å²) in [5.41, 5.74) is 0.396. The number of hydrogen-bond acceptors (Lipinski definition) is 3. The third-order valence-electron chi connectivity index (χ3n) is 4.56. The molecule has 0 unspecified atom stereocenters. The molecule has 1 N–H and O–H groups in total. The molecular weight excluding hydrogens is 307 g/mol. The number of rotatable bonds is 1. The summed E-state index contributed by atoms with van der Waals surface area (Å²) in [7, 11) is 0. The first kappa shape index (κ1) is 15.2. The number of pyridine rings is 1. The van der Waals surface area contributed by atoms with Crippen LogP contribution in [0.4, 0.5) is 4.39 Å². The number of fused-ring (bicyclic) bond motifs is 2. The van der Waals surface area contributed by atoms with E-state index in [4.69, 9.17) is 0 Å². The van der Waals surface area contributed by atoms with E-state index in [2.05, 4.69) is 10.3 Å². The number of hydrogen-bond donors (Lipinski definition) is 1. The Balaban J connectivity index is 0.00000144. The maximum atomic E-state index is 14.3. The molecule has 1 amide bonds. The van der Waals surface area contributed by atoms with E-state index in [9.17, 15) is 9.18 Å². The van der Waals surface area contributed by atoms with Gasteiger partial charge in [0.1, 0.15) is 5.65 Å². The summed E-state index contributed by atoms with van der Waals surface area (Å²) in [6, 6.07) is 5.55. The third kappa shape index (κ3) is 2.36. The first-order valence-corrected chi connectivity index (χ1v) is 7.39. The maximum absolute atomic E-state index is 14.3. The Labute approximate surface area is 133 Å². The van der Waals surface area contributed by atoms with Gasteiger partial charge in [0.25, 0.3) is 5.91 Å². The van der Waals surface area contributed by atoms with Gasteiger partial charge in [0.15, 0.2) is 5.69 Å². The molecule has 0 aliphatic carbocycles. The molecule has 2 atom stereocenters. The van der Waals surface area contributed by atoms with Crippen molar-refractivity contribution in [3.8, 4) is 0 Å². The molecule has 0 radical (unpaired) electrons. The highest BCUT2D eigenvalue weighted by molar-refractivity contribution is 5.93. The highest BCUT2D eigenvalue weighted by Gasteiger charge is 2.38. The zero-order chi connectivity index (χ0) is 14.4. The fourth-order valence-electron chi connectivity index (χ4n) is 3.46. The van der Waals surface area contributed by atoms with Gasteiger partial charge in [0.2, 0.25) is 5.95 Å². The molecule has 2 aromatic rings. The van der Waals surface area contributed by atoms with Crippen molar-refractivity contribution in [2.24, 2.45) is 5.92 Å². The van der Waals surface area contributed by atoms with Gasteiger partial charge in [-0.2, -0.15) is 4.39 Å². The van der Waals surface area contributed by atoms with Gasteiger partial charge in [-0.05, 0) is 37.4 Å². The summed E-state index contributed by atoms with van der Waals surface area (Å²) < 4.78 is 15.7. The number of imidazole rings is 1. The number of nitrogens with zero attached hydrogens (tertiary/aromatic N) is 3. The molecule has 2 fully saturated rings. The summed E-state index contributed by atoms with van der Waals surface area (Å²) in [5, 5.41) is 3.45. The molecule has 7 heteroatoms. The molecule has 0 aromatic carbocycles. The fourth-order valence-corrected chi connectivity index (χ4v) is 3.46. The number of aromatic nitrogens is 2. The zero-order valence-corrected chi connectivity index (χ0v) is 12.9. The van der Waals surface area contributed by atoms with E-state index in [0.29, 0.717) is 30.7 Å². The quantitative estimate of drug-likeness (QED) is 0.869. The second-order valence-electron chi connectivity index (χ2n) is 5.85. The normalized spacial score (nSPS) is 24.1. The minimum Gasteiger partial charge on any atom is -0.335 e. The van der Waals surface area contributed by atoms with Crippen LogP contribution in [0.25, 0.3) is 5.65 Å². The van der Waals surface area contributed by atoms with Gasteiger partial charge in [-0.3, -0.25) is 9.20 Å². The molecule has 0 spiro atoms. The zero-order valence-electron chi connectivity index (χ0n) is 12.0. The lowest BCUT2D eigenvalue weighted by atomic mass is 9.94. The van der Waals surface area contributed by atoms with E-state index in [0.717, 1.165) is 19.4 Å². The van der Waals surface area contributed by atoms with Gasteiger partial charge in [0, 0.05) is 25.3 Å². The number of halogens is 2. The van der Waals surface area contributed by atoms with Gasteiger partial charge in [0.05, 0.1) is 0 Å². The Hall–Kier alpha value is -1.66. The number of amides is 1. The van der Waals surface area contributed by atoms with Crippen LogP contribution < -0.4 is 5.32 Å². The minimum absolute atomic E-state index is 0. The van der Waals surface area contributed by atoms with Crippen molar-refractivity contribution in [3.63, 3.8) is 0 Å². The summed E-state index contributed by atoms with van der Waals surface area (Å²) >= 11 is 0. The third-order valence-corrected chi connectivity index (χ3v) is 4.56. The number of piperidine rings is 1. The second kappa shape index (κ2) is 5.85. The van der Waals surface area contributed by atoms with E-state index < -0.39 is 5.95 Å². The van der Waals surface area contributed by atoms with E-state index in [1.807, 2.05) is 0 Å². The van der Waals surface area contributed by atoms with Crippen LogP contribution in [0.2, 0.25) is 0 Å². The van der Waals surface area contributed by atoms with E-state index in [1.54, 1.807) is 29.3 Å². The predicted molar refractivity (Wildman–Crippen MR) is 82.8 cm³/mol. The van der Waals surface area contributed by atoms with Crippen LogP contribution in [-0.4, -0.2) is 45.9 Å². The highest BCUT2D eigenvalue weighted by atomic mass is 35.5. The van der Waals surface area contributed by atoms with E-state index in [-0.39, 0.29) is 24.0 Å². The largest absolute Gasteiger partial charge is 0.335 e. The van der Waals surface area contributed by atoms with Gasteiger partial charge in [-0.25, -0.2) is 4.98 Å². The molecule has 0 bridgehead atoms. The molecule has 4 heterocycles. The second-order valence-corrected chi connectivity index (χ2v) is 5.85. The first-order valence-electron chi connectivity index (χ1n) is 7.39. The van der Waals surface area contributed by atoms with Crippen molar-refractivity contribution in [1.29, 1.82) is 0 Å². The average molecular weight is 325 g/mol. The molecular formula is C15H18ClFN4O. The van der Waals surface area contributed by atoms with Gasteiger partial charge in [-0.15, -0.1) is 12.4 Å². The van der Waals surface area contributed by atoms with Crippen molar-refractivity contribution in [3.05, 3.63) is 36.0 Å². The lowest BCUT2D eigenvalue weighted by molar-refractivity contribution is 0.0775. The van der Waals surface area contributed by atoms with Crippen LogP contribution in [-0.2, 0) is 0 Å². The SMILES string of the molecule is Cl.O=C(c1nc2ccccn2c1F)N1C[C@@H]2CCCN[C@@H]2C1. The minimum atomic E-state index is -0.571. The van der Waals surface area contributed by atoms with Gasteiger partial charge < -0.3 is 10.2 Å². The maximum Gasteiger partial charge on any atom is 0.277 e. The van der Waals surface area contributed by atoms with Gasteiger partial charge in [-0.1, -0.05) is 6.07 Å². The molecule has 2 aliphatic heterocycles. The van der Waals surface area contributed by atoms with Crippen LogP contribution in [0.15, 0.2) is 24.4 Å². The summed E-state index contributed by atoms with van der Waals surface area (Å²) in [4.78, 5) is 18.4. The lowest BCUT2D eigenvalue weighted by Gasteiger charge is -2.24. The molecule has 0 saturated carbocycles. The average Bonchev–Trinajstić information content (AvgIpc) is 3.08. The molecule has 2 aliphatic rings. The summed E-state index contributed by atoms with van der Waals surface area (Å²) in [6.45, 7) is 2.35. The van der Waals surface area contributed by atoms with Crippen LogP contribution >= 0.6 is 12.4 Å². The number of likely N-dealkylation sites (tertiary alicyclic amines) is 1. The number of carbonyl (C=O) groups excluding carboxylic acids is 1. The van der Waals surface area contributed by atoms with Crippen LogP contribution in [0, 0.1) is 11.9 Å². The molecule has 2 aromatic heterocycles. The highest BCUT2D eigenvalue weighted by Crippen LogP contribution is 2.26. The predicted octanol–water partition coefficient (Wildman–Crippen LogP) is 1.72. The Morgan fingerprint density at radius 3 is 3.00 bits per heavy atom. The Bertz CT molecular complexity index is 690.